The van der Waals surface area contributed by atoms with Crippen molar-refractivity contribution in [2.24, 2.45) is 5.73 Å². The number of rotatable bonds is 8. The van der Waals surface area contributed by atoms with Gasteiger partial charge < -0.3 is 15.6 Å². The molecule has 0 aliphatic carbocycles. The monoisotopic (exact) mass is 450 g/mol. The van der Waals surface area contributed by atoms with Crippen molar-refractivity contribution in [3.8, 4) is 0 Å². The number of carbonyl (C=O) groups is 1. The zero-order valence-electron chi connectivity index (χ0n) is 19.9. The number of alkyl halides is 1. The number of aromatic nitrogens is 1. The Morgan fingerprint density at radius 2 is 1.82 bits per heavy atom. The Morgan fingerprint density at radius 1 is 1.15 bits per heavy atom. The third-order valence-corrected chi connectivity index (χ3v) is 7.22. The third kappa shape index (κ3) is 4.76. The fraction of sp³-hybridized carbons (Fsp3) is 0.444. The number of aromatic amines is 1. The van der Waals surface area contributed by atoms with Gasteiger partial charge in [0.25, 0.3) is 0 Å². The van der Waals surface area contributed by atoms with Crippen molar-refractivity contribution in [2.75, 3.05) is 31.1 Å². The lowest BCUT2D eigenvalue weighted by molar-refractivity contribution is 0.1000. The minimum atomic E-state index is -1.19. The molecular weight excluding hydrogens is 415 g/mol. The van der Waals surface area contributed by atoms with Gasteiger partial charge in [0.05, 0.1) is 0 Å². The van der Waals surface area contributed by atoms with Crippen LogP contribution in [0.15, 0.2) is 48.5 Å². The SMILES string of the molecule is CCN(CC)C(C)c1c(N2CCC(F)(Cc3ccccc3)CC2)[nH]c2ccc(C(N)=O)cc12. The van der Waals surface area contributed by atoms with E-state index in [1.165, 1.54) is 0 Å². The summed E-state index contributed by atoms with van der Waals surface area (Å²) in [5, 5.41) is 1.02. The average molecular weight is 451 g/mol. The van der Waals surface area contributed by atoms with Gasteiger partial charge in [-0.15, -0.1) is 0 Å². The summed E-state index contributed by atoms with van der Waals surface area (Å²) in [5.74, 6) is 0.606. The van der Waals surface area contributed by atoms with E-state index in [9.17, 15) is 4.79 Å². The van der Waals surface area contributed by atoms with E-state index < -0.39 is 11.6 Å². The first-order valence-corrected chi connectivity index (χ1v) is 12.0. The molecule has 1 unspecified atom stereocenters. The second-order valence-electron chi connectivity index (χ2n) is 9.21. The first-order valence-electron chi connectivity index (χ1n) is 12.0. The van der Waals surface area contributed by atoms with Crippen molar-refractivity contribution >= 4 is 22.6 Å². The maximum Gasteiger partial charge on any atom is 0.248 e. The minimum absolute atomic E-state index is 0.147. The van der Waals surface area contributed by atoms with E-state index in [-0.39, 0.29) is 6.04 Å². The highest BCUT2D eigenvalue weighted by atomic mass is 19.1. The van der Waals surface area contributed by atoms with Gasteiger partial charge in [-0.05, 0) is 56.6 Å². The summed E-state index contributed by atoms with van der Waals surface area (Å²) in [7, 11) is 0. The molecule has 1 fully saturated rings. The predicted octanol–water partition coefficient (Wildman–Crippen LogP) is 5.22. The van der Waals surface area contributed by atoms with Gasteiger partial charge >= 0.3 is 0 Å². The molecule has 0 bridgehead atoms. The standard InChI is InChI=1S/C27H35FN4O/c1-4-31(5-2)19(3)24-22-17-21(25(29)33)11-12-23(22)30-26(24)32-15-13-27(28,14-16-32)18-20-9-7-6-8-10-20/h6-12,17,19,30H,4-5,13-16,18H2,1-3H3,(H2,29,33). The van der Waals surface area contributed by atoms with Crippen LogP contribution in [0.1, 0.15) is 61.1 Å². The third-order valence-electron chi connectivity index (χ3n) is 7.22. The predicted molar refractivity (Wildman–Crippen MR) is 134 cm³/mol. The maximum absolute atomic E-state index is 15.7. The lowest BCUT2D eigenvalue weighted by atomic mass is 9.87. The van der Waals surface area contributed by atoms with E-state index in [4.69, 9.17) is 5.73 Å². The molecule has 2 heterocycles. The normalized spacial score (nSPS) is 16.9. The van der Waals surface area contributed by atoms with E-state index in [0.717, 1.165) is 40.9 Å². The summed E-state index contributed by atoms with van der Waals surface area (Å²) in [5.41, 5.74) is 8.08. The molecule has 176 valence electrons. The number of benzene rings is 2. The van der Waals surface area contributed by atoms with Crippen LogP contribution in [0.25, 0.3) is 10.9 Å². The van der Waals surface area contributed by atoms with E-state index in [1.54, 1.807) is 6.07 Å². The van der Waals surface area contributed by atoms with Gasteiger partial charge in [0, 0.05) is 47.6 Å². The van der Waals surface area contributed by atoms with Crippen LogP contribution in [0.5, 0.6) is 0 Å². The Bertz CT molecular complexity index is 1100. The second kappa shape index (κ2) is 9.56. The van der Waals surface area contributed by atoms with Crippen molar-refractivity contribution < 1.29 is 9.18 Å². The highest BCUT2D eigenvalue weighted by Gasteiger charge is 2.36. The van der Waals surface area contributed by atoms with Crippen LogP contribution in [0.3, 0.4) is 0 Å². The lowest BCUT2D eigenvalue weighted by Crippen LogP contribution is -2.43. The Balaban J connectivity index is 1.66. The number of primary amides is 1. The molecule has 2 aromatic carbocycles. The Morgan fingerprint density at radius 3 is 2.42 bits per heavy atom. The summed E-state index contributed by atoms with van der Waals surface area (Å²) < 4.78 is 15.7. The van der Waals surface area contributed by atoms with Crippen LogP contribution >= 0.6 is 0 Å². The van der Waals surface area contributed by atoms with E-state index in [0.29, 0.717) is 37.9 Å². The topological polar surface area (TPSA) is 65.4 Å². The Hall–Kier alpha value is -2.86. The number of fused-ring (bicyclic) bond motifs is 1. The lowest BCUT2D eigenvalue weighted by Gasteiger charge is -2.38. The minimum Gasteiger partial charge on any atom is -0.366 e. The van der Waals surface area contributed by atoms with Crippen molar-refractivity contribution in [2.45, 2.75) is 51.7 Å². The molecule has 0 spiro atoms. The first-order chi connectivity index (χ1) is 15.8. The number of nitrogens with zero attached hydrogens (tertiary/aromatic N) is 2. The molecule has 1 aromatic heterocycles. The second-order valence-corrected chi connectivity index (χ2v) is 9.21. The number of amides is 1. The van der Waals surface area contributed by atoms with Gasteiger partial charge in [0.2, 0.25) is 5.91 Å². The van der Waals surface area contributed by atoms with E-state index in [1.807, 2.05) is 42.5 Å². The zero-order chi connectivity index (χ0) is 23.6. The van der Waals surface area contributed by atoms with Gasteiger partial charge in [-0.3, -0.25) is 9.69 Å². The molecule has 1 saturated heterocycles. The van der Waals surface area contributed by atoms with Crippen LogP contribution in [0.2, 0.25) is 0 Å². The van der Waals surface area contributed by atoms with Crippen molar-refractivity contribution in [3.63, 3.8) is 0 Å². The van der Waals surface area contributed by atoms with E-state index >= 15 is 4.39 Å². The Kier molecular flexibility index (Phi) is 6.75. The van der Waals surface area contributed by atoms with Crippen LogP contribution in [0, 0.1) is 0 Å². The number of nitrogens with two attached hydrogens (primary N) is 1. The first kappa shape index (κ1) is 23.3. The molecule has 0 saturated carbocycles. The number of H-pyrrole nitrogens is 1. The number of piperidine rings is 1. The number of anilines is 1. The summed E-state index contributed by atoms with van der Waals surface area (Å²) in [6, 6.07) is 15.7. The number of halogens is 1. The summed E-state index contributed by atoms with van der Waals surface area (Å²) in [4.78, 5) is 20.1. The quantitative estimate of drug-likeness (QED) is 0.494. The van der Waals surface area contributed by atoms with E-state index in [2.05, 4.69) is 35.6 Å². The van der Waals surface area contributed by atoms with Crippen molar-refractivity contribution in [1.29, 1.82) is 0 Å². The molecule has 6 heteroatoms. The summed E-state index contributed by atoms with van der Waals surface area (Å²) in [6.07, 6.45) is 1.44. The van der Waals surface area contributed by atoms with Crippen molar-refractivity contribution in [3.05, 3.63) is 65.2 Å². The molecule has 4 rings (SSSR count). The van der Waals surface area contributed by atoms with Crippen LogP contribution in [0.4, 0.5) is 10.2 Å². The largest absolute Gasteiger partial charge is 0.366 e. The summed E-state index contributed by atoms with van der Waals surface area (Å²) in [6.45, 7) is 9.66. The van der Waals surface area contributed by atoms with Crippen molar-refractivity contribution in [1.82, 2.24) is 9.88 Å². The summed E-state index contributed by atoms with van der Waals surface area (Å²) >= 11 is 0. The zero-order valence-corrected chi connectivity index (χ0v) is 19.9. The highest BCUT2D eigenvalue weighted by molar-refractivity contribution is 5.99. The molecular formula is C27H35FN4O. The fourth-order valence-corrected chi connectivity index (χ4v) is 5.25. The van der Waals surface area contributed by atoms with Gasteiger partial charge in [0.1, 0.15) is 11.5 Å². The molecule has 0 radical (unpaired) electrons. The number of carbonyl (C=O) groups excluding carboxylic acids is 1. The molecule has 3 aromatic rings. The molecule has 1 amide bonds. The molecule has 1 atom stereocenters. The van der Waals surface area contributed by atoms with Crippen LogP contribution in [-0.2, 0) is 6.42 Å². The number of hydrogen-bond acceptors (Lipinski definition) is 3. The number of nitrogens with one attached hydrogen (secondary N) is 1. The van der Waals surface area contributed by atoms with Crippen LogP contribution < -0.4 is 10.6 Å². The van der Waals surface area contributed by atoms with Gasteiger partial charge in [-0.2, -0.15) is 0 Å². The molecule has 33 heavy (non-hydrogen) atoms. The smallest absolute Gasteiger partial charge is 0.248 e. The highest BCUT2D eigenvalue weighted by Crippen LogP contribution is 2.40. The van der Waals surface area contributed by atoms with Gasteiger partial charge in [-0.1, -0.05) is 44.2 Å². The van der Waals surface area contributed by atoms with Gasteiger partial charge in [-0.25, -0.2) is 4.39 Å². The van der Waals surface area contributed by atoms with Gasteiger partial charge in [0.15, 0.2) is 0 Å². The fourth-order valence-electron chi connectivity index (χ4n) is 5.25. The Labute approximate surface area is 195 Å². The molecule has 1 aliphatic rings. The van der Waals surface area contributed by atoms with Crippen LogP contribution in [-0.4, -0.2) is 47.6 Å². The number of hydrogen-bond donors (Lipinski definition) is 2. The molecule has 1 aliphatic heterocycles. The average Bonchev–Trinajstić information content (AvgIpc) is 3.19. The molecule has 5 nitrogen and oxygen atoms in total. The molecule has 3 N–H and O–H groups in total. The maximum atomic E-state index is 15.7.